The Morgan fingerprint density at radius 1 is 1.23 bits per heavy atom. The highest BCUT2D eigenvalue weighted by Gasteiger charge is 2.56. The monoisotopic (exact) mass is 304 g/mol. The predicted octanol–water partition coefficient (Wildman–Crippen LogP) is 5.27. The van der Waals surface area contributed by atoms with Crippen molar-refractivity contribution in [1.82, 2.24) is 0 Å². The fourth-order valence-electron chi connectivity index (χ4n) is 5.78. The van der Waals surface area contributed by atoms with E-state index >= 15 is 0 Å². The third-order valence-corrected chi connectivity index (χ3v) is 6.70. The summed E-state index contributed by atoms with van der Waals surface area (Å²) < 4.78 is 6.30. The van der Waals surface area contributed by atoms with Crippen molar-refractivity contribution in [3.63, 3.8) is 0 Å². The van der Waals surface area contributed by atoms with Gasteiger partial charge in [-0.05, 0) is 69.6 Å². The molecule has 0 aromatic rings. The van der Waals surface area contributed by atoms with E-state index in [1.165, 1.54) is 57.8 Å². The molecule has 0 aromatic carbocycles. The van der Waals surface area contributed by atoms with Gasteiger partial charge in [-0.15, -0.1) is 0 Å². The van der Waals surface area contributed by atoms with Gasteiger partial charge >= 0.3 is 5.97 Å². The Bertz CT molecular complexity index is 439. The summed E-state index contributed by atoms with van der Waals surface area (Å²) in [4.78, 5) is 12.4. The Kier molecular flexibility index (Phi) is 4.66. The Hall–Kier alpha value is -0.790. The van der Waals surface area contributed by atoms with E-state index in [0.29, 0.717) is 17.4 Å². The van der Waals surface area contributed by atoms with Crippen LogP contribution in [0, 0.1) is 23.7 Å². The summed E-state index contributed by atoms with van der Waals surface area (Å²) in [5.74, 6) is 2.75. The summed E-state index contributed by atoms with van der Waals surface area (Å²) >= 11 is 0. The summed E-state index contributed by atoms with van der Waals surface area (Å²) in [6, 6.07) is 0. The van der Waals surface area contributed by atoms with Crippen LogP contribution in [0.5, 0.6) is 0 Å². The van der Waals surface area contributed by atoms with Crippen molar-refractivity contribution in [1.29, 1.82) is 0 Å². The van der Waals surface area contributed by atoms with E-state index in [9.17, 15) is 4.79 Å². The van der Waals surface area contributed by atoms with Crippen LogP contribution in [0.4, 0.5) is 0 Å². The van der Waals surface area contributed by atoms with E-state index in [1.807, 2.05) is 0 Å². The standard InChI is InChI=1S/C20H32O2/c1-4-7-17-8-5-6-11-20(17,22-19(21)14(2)3)18-13-15-9-10-16(18)12-15/h15-18H,2,4-13H2,1,3H3. The van der Waals surface area contributed by atoms with Gasteiger partial charge in [0.2, 0.25) is 0 Å². The third kappa shape index (κ3) is 2.74. The molecule has 5 unspecified atom stereocenters. The molecule has 124 valence electrons. The minimum atomic E-state index is -0.176. The van der Waals surface area contributed by atoms with Crippen LogP contribution in [0.3, 0.4) is 0 Å². The van der Waals surface area contributed by atoms with Crippen molar-refractivity contribution < 1.29 is 9.53 Å². The average molecular weight is 304 g/mol. The minimum Gasteiger partial charge on any atom is -0.455 e. The Balaban J connectivity index is 1.89. The molecule has 3 rings (SSSR count). The van der Waals surface area contributed by atoms with Crippen molar-refractivity contribution >= 4 is 5.97 Å². The zero-order chi connectivity index (χ0) is 15.7. The fraction of sp³-hybridized carbons (Fsp3) is 0.850. The Morgan fingerprint density at radius 2 is 2.05 bits per heavy atom. The highest BCUT2D eigenvalue weighted by molar-refractivity contribution is 5.87. The first-order valence-electron chi connectivity index (χ1n) is 9.45. The van der Waals surface area contributed by atoms with Crippen LogP contribution in [0.2, 0.25) is 0 Å². The molecule has 2 nitrogen and oxygen atoms in total. The van der Waals surface area contributed by atoms with Crippen LogP contribution in [-0.4, -0.2) is 11.6 Å². The van der Waals surface area contributed by atoms with Gasteiger partial charge in [-0.1, -0.05) is 32.8 Å². The maximum absolute atomic E-state index is 12.4. The molecular weight excluding hydrogens is 272 g/mol. The summed E-state index contributed by atoms with van der Waals surface area (Å²) in [5.41, 5.74) is 0.382. The topological polar surface area (TPSA) is 26.3 Å². The van der Waals surface area contributed by atoms with Gasteiger partial charge < -0.3 is 4.74 Å². The van der Waals surface area contributed by atoms with Crippen LogP contribution in [0.25, 0.3) is 0 Å². The van der Waals surface area contributed by atoms with Gasteiger partial charge in [-0.25, -0.2) is 4.79 Å². The van der Waals surface area contributed by atoms with E-state index in [1.54, 1.807) is 6.92 Å². The van der Waals surface area contributed by atoms with Gasteiger partial charge in [-0.2, -0.15) is 0 Å². The fourth-order valence-corrected chi connectivity index (χ4v) is 5.78. The van der Waals surface area contributed by atoms with Crippen molar-refractivity contribution in [2.75, 3.05) is 0 Å². The number of esters is 1. The Morgan fingerprint density at radius 3 is 2.64 bits per heavy atom. The van der Waals surface area contributed by atoms with E-state index in [-0.39, 0.29) is 11.6 Å². The van der Waals surface area contributed by atoms with Gasteiger partial charge in [0.15, 0.2) is 0 Å². The number of rotatable bonds is 5. The van der Waals surface area contributed by atoms with Gasteiger partial charge in [0, 0.05) is 11.5 Å². The van der Waals surface area contributed by atoms with Crippen LogP contribution in [-0.2, 0) is 9.53 Å². The lowest BCUT2D eigenvalue weighted by atomic mass is 9.62. The average Bonchev–Trinajstić information content (AvgIpc) is 3.12. The molecule has 22 heavy (non-hydrogen) atoms. The molecule has 3 saturated carbocycles. The van der Waals surface area contributed by atoms with E-state index in [0.717, 1.165) is 18.3 Å². The van der Waals surface area contributed by atoms with E-state index in [2.05, 4.69) is 13.5 Å². The number of fused-ring (bicyclic) bond motifs is 2. The second-order valence-corrected chi connectivity index (χ2v) is 8.14. The molecule has 0 saturated heterocycles. The van der Waals surface area contributed by atoms with Gasteiger partial charge in [0.05, 0.1) is 0 Å². The predicted molar refractivity (Wildman–Crippen MR) is 89.4 cm³/mol. The molecule has 3 aliphatic rings. The summed E-state index contributed by atoms with van der Waals surface area (Å²) in [7, 11) is 0. The zero-order valence-corrected chi connectivity index (χ0v) is 14.4. The number of hydrogen-bond donors (Lipinski definition) is 0. The quantitative estimate of drug-likeness (QED) is 0.511. The molecule has 0 N–H and O–H groups in total. The van der Waals surface area contributed by atoms with Crippen LogP contribution >= 0.6 is 0 Å². The first kappa shape index (κ1) is 16.1. The van der Waals surface area contributed by atoms with Gasteiger partial charge in [-0.3, -0.25) is 0 Å². The number of hydrogen-bond acceptors (Lipinski definition) is 2. The molecule has 0 spiro atoms. The first-order chi connectivity index (χ1) is 10.6. The largest absolute Gasteiger partial charge is 0.455 e. The molecular formula is C20H32O2. The second kappa shape index (κ2) is 6.37. The van der Waals surface area contributed by atoms with Gasteiger partial charge in [0.1, 0.15) is 5.60 Å². The number of ether oxygens (including phenoxy) is 1. The molecule has 2 heteroatoms. The highest BCUT2D eigenvalue weighted by Crippen LogP contribution is 2.58. The molecule has 5 atom stereocenters. The summed E-state index contributed by atoms with van der Waals surface area (Å²) in [6.45, 7) is 7.87. The lowest BCUT2D eigenvalue weighted by Crippen LogP contribution is -2.52. The highest BCUT2D eigenvalue weighted by atomic mass is 16.6. The minimum absolute atomic E-state index is 0.147. The number of carbonyl (C=O) groups is 1. The van der Waals surface area contributed by atoms with Gasteiger partial charge in [0.25, 0.3) is 0 Å². The molecule has 0 heterocycles. The van der Waals surface area contributed by atoms with Crippen LogP contribution in [0.1, 0.15) is 78.1 Å². The van der Waals surface area contributed by atoms with Crippen molar-refractivity contribution in [3.8, 4) is 0 Å². The smallest absolute Gasteiger partial charge is 0.333 e. The maximum Gasteiger partial charge on any atom is 0.333 e. The van der Waals surface area contributed by atoms with E-state index < -0.39 is 0 Å². The van der Waals surface area contributed by atoms with Crippen molar-refractivity contribution in [2.45, 2.75) is 83.7 Å². The maximum atomic E-state index is 12.4. The molecule has 3 aliphatic carbocycles. The molecule has 0 amide bonds. The number of carbonyl (C=O) groups excluding carboxylic acids is 1. The molecule has 0 radical (unpaired) electrons. The molecule has 0 aliphatic heterocycles. The molecule has 0 aromatic heterocycles. The first-order valence-corrected chi connectivity index (χ1v) is 9.45. The Labute approximate surface area is 135 Å². The second-order valence-electron chi connectivity index (χ2n) is 8.14. The summed E-state index contributed by atoms with van der Waals surface area (Å²) in [6.07, 6.45) is 12.7. The summed E-state index contributed by atoms with van der Waals surface area (Å²) in [5, 5.41) is 0. The lowest BCUT2D eigenvalue weighted by Gasteiger charge is -2.50. The van der Waals surface area contributed by atoms with E-state index in [4.69, 9.17) is 4.74 Å². The lowest BCUT2D eigenvalue weighted by molar-refractivity contribution is -0.182. The third-order valence-electron chi connectivity index (χ3n) is 6.70. The molecule has 3 fully saturated rings. The normalized spacial score (nSPS) is 40.6. The SMILES string of the molecule is C=C(C)C(=O)OC1(C2CC3CCC2C3)CCCCC1CCC. The van der Waals surface area contributed by atoms with Crippen LogP contribution in [0.15, 0.2) is 12.2 Å². The van der Waals surface area contributed by atoms with Crippen LogP contribution < -0.4 is 0 Å². The van der Waals surface area contributed by atoms with Crippen molar-refractivity contribution in [3.05, 3.63) is 12.2 Å². The molecule has 2 bridgehead atoms. The van der Waals surface area contributed by atoms with Crippen molar-refractivity contribution in [2.24, 2.45) is 23.7 Å². The zero-order valence-electron chi connectivity index (χ0n) is 14.4.